The lowest BCUT2D eigenvalue weighted by atomic mass is 10.1. The van der Waals surface area contributed by atoms with Crippen LogP contribution in [0.25, 0.3) is 22.2 Å². The monoisotopic (exact) mass is 571 g/mol. The van der Waals surface area contributed by atoms with E-state index < -0.39 is 68.8 Å². The molecular weight excluding hydrogens is 551 g/mol. The average Bonchev–Trinajstić information content (AvgIpc) is 2.86. The normalized spacial score (nSPS) is 13.0. The largest absolute Gasteiger partial charge is 0.488 e. The van der Waals surface area contributed by atoms with Crippen molar-refractivity contribution in [1.82, 2.24) is 24.7 Å². The number of aromatic amines is 1. The molecule has 1 unspecified atom stereocenters. The smallest absolute Gasteiger partial charge is 0.425 e. The molecule has 0 fully saturated rings. The van der Waals surface area contributed by atoms with Crippen molar-refractivity contribution in [2.24, 2.45) is 0 Å². The molecule has 0 saturated heterocycles. The summed E-state index contributed by atoms with van der Waals surface area (Å²) < 4.78 is 103. The minimum Gasteiger partial charge on any atom is -0.488 e. The Labute approximate surface area is 220 Å². The Morgan fingerprint density at radius 3 is 2.35 bits per heavy atom. The molecule has 15 heteroatoms. The Balaban J connectivity index is 1.52. The molecule has 0 aliphatic heterocycles. The average molecular weight is 571 g/mol. The second-order valence-corrected chi connectivity index (χ2v) is 9.02. The Morgan fingerprint density at radius 1 is 1.05 bits per heavy atom. The fourth-order valence-electron chi connectivity index (χ4n) is 3.97. The number of benzene rings is 1. The first-order valence-electron chi connectivity index (χ1n) is 11.7. The quantitative estimate of drug-likeness (QED) is 0.292. The van der Waals surface area contributed by atoms with E-state index in [0.717, 1.165) is 29.2 Å². The number of rotatable bonds is 8. The molecule has 3 aromatic heterocycles. The van der Waals surface area contributed by atoms with Gasteiger partial charge in [0.25, 0.3) is 17.0 Å². The fraction of sp³-hybridized carbons (Fsp3) is 0.320. The zero-order valence-corrected chi connectivity index (χ0v) is 20.8. The van der Waals surface area contributed by atoms with Gasteiger partial charge in [-0.05, 0) is 37.3 Å². The van der Waals surface area contributed by atoms with Crippen LogP contribution in [0.2, 0.25) is 0 Å². The van der Waals surface area contributed by atoms with Crippen molar-refractivity contribution >= 4 is 10.8 Å². The Bertz CT molecular complexity index is 1660. The summed E-state index contributed by atoms with van der Waals surface area (Å²) in [6.07, 6.45) is -1.82. The SMILES string of the molecule is CC(CCCn1ccc2cc(-c3ncc(C(C)(F)F)cn3)c(F)c(F)c2c1=O)Oc1cn[nH]c(=O)c1C(F)(F)F. The van der Waals surface area contributed by atoms with E-state index in [4.69, 9.17) is 4.74 Å². The van der Waals surface area contributed by atoms with Crippen LogP contribution in [0, 0.1) is 11.6 Å². The lowest BCUT2D eigenvalue weighted by molar-refractivity contribution is -0.140. The molecule has 0 bridgehead atoms. The van der Waals surface area contributed by atoms with Crippen LogP contribution in [-0.4, -0.2) is 30.8 Å². The van der Waals surface area contributed by atoms with E-state index in [1.807, 2.05) is 0 Å². The van der Waals surface area contributed by atoms with Crippen molar-refractivity contribution < 1.29 is 35.5 Å². The van der Waals surface area contributed by atoms with Crippen LogP contribution >= 0.6 is 0 Å². The summed E-state index contributed by atoms with van der Waals surface area (Å²) in [5, 5.41) is 4.48. The zero-order chi connectivity index (χ0) is 29.4. The van der Waals surface area contributed by atoms with Gasteiger partial charge < -0.3 is 9.30 Å². The third kappa shape index (κ3) is 5.82. The first-order valence-corrected chi connectivity index (χ1v) is 11.7. The number of halogens is 7. The van der Waals surface area contributed by atoms with Crippen LogP contribution in [0.4, 0.5) is 30.7 Å². The van der Waals surface area contributed by atoms with E-state index in [-0.39, 0.29) is 30.6 Å². The van der Waals surface area contributed by atoms with Gasteiger partial charge in [0.2, 0.25) is 0 Å². The highest BCUT2D eigenvalue weighted by molar-refractivity contribution is 5.86. The summed E-state index contributed by atoms with van der Waals surface area (Å²) in [4.78, 5) is 31.9. The standard InChI is InChI=1S/C25H20F7N5O3/c1-12(40-16-11-35-36-22(38)18(16)25(30,31)32)4-3-6-37-7-5-13-8-15(19(26)20(27)17(13)23(37)39)21-33-9-14(10-34-21)24(2,28)29/h5,7-12H,3-4,6H2,1-2H3,(H,36,38). The Kier molecular flexibility index (Phi) is 7.67. The van der Waals surface area contributed by atoms with E-state index in [9.17, 15) is 35.9 Å². The van der Waals surface area contributed by atoms with Gasteiger partial charge in [0, 0.05) is 32.1 Å². The number of aryl methyl sites for hydroxylation is 1. The summed E-state index contributed by atoms with van der Waals surface area (Å²) in [6.45, 7) is 2.07. The molecule has 0 aliphatic carbocycles. The van der Waals surface area contributed by atoms with E-state index in [2.05, 4.69) is 15.1 Å². The summed E-state index contributed by atoms with van der Waals surface area (Å²) in [5.41, 5.74) is -4.79. The van der Waals surface area contributed by atoms with Gasteiger partial charge in [0.15, 0.2) is 28.8 Å². The third-order valence-corrected chi connectivity index (χ3v) is 5.99. The lowest BCUT2D eigenvalue weighted by Gasteiger charge is -2.18. The molecule has 0 aliphatic rings. The molecule has 0 saturated carbocycles. The molecule has 0 spiro atoms. The minimum absolute atomic E-state index is 0.0131. The van der Waals surface area contributed by atoms with Gasteiger partial charge in [-0.2, -0.15) is 18.3 Å². The van der Waals surface area contributed by atoms with Crippen molar-refractivity contribution in [1.29, 1.82) is 0 Å². The number of pyridine rings is 1. The molecule has 1 aromatic carbocycles. The maximum atomic E-state index is 15.0. The van der Waals surface area contributed by atoms with Crippen molar-refractivity contribution in [3.05, 3.63) is 80.4 Å². The Hall–Kier alpha value is -4.30. The van der Waals surface area contributed by atoms with Gasteiger partial charge in [-0.15, -0.1) is 0 Å². The van der Waals surface area contributed by atoms with Gasteiger partial charge >= 0.3 is 6.18 Å². The second-order valence-electron chi connectivity index (χ2n) is 9.02. The van der Waals surface area contributed by atoms with Gasteiger partial charge in [0.1, 0.15) is 0 Å². The van der Waals surface area contributed by atoms with E-state index in [1.54, 1.807) is 5.10 Å². The number of nitrogens with one attached hydrogen (secondary N) is 1. The summed E-state index contributed by atoms with van der Waals surface area (Å²) in [6, 6.07) is 2.47. The predicted molar refractivity (Wildman–Crippen MR) is 128 cm³/mol. The number of fused-ring (bicyclic) bond motifs is 1. The van der Waals surface area contributed by atoms with Crippen molar-refractivity contribution in [3.63, 3.8) is 0 Å². The highest BCUT2D eigenvalue weighted by atomic mass is 19.4. The second kappa shape index (κ2) is 10.7. The van der Waals surface area contributed by atoms with E-state index in [1.165, 1.54) is 19.2 Å². The van der Waals surface area contributed by atoms with E-state index >= 15 is 4.39 Å². The molecule has 0 amide bonds. The molecular formula is C25H20F7N5O3. The van der Waals surface area contributed by atoms with E-state index in [0.29, 0.717) is 6.92 Å². The molecule has 3 heterocycles. The van der Waals surface area contributed by atoms with Crippen molar-refractivity contribution in [2.45, 2.75) is 51.4 Å². The van der Waals surface area contributed by atoms with Gasteiger partial charge in [0.05, 0.1) is 28.8 Å². The molecule has 4 aromatic rings. The predicted octanol–water partition coefficient (Wildman–Crippen LogP) is 5.20. The third-order valence-electron chi connectivity index (χ3n) is 5.99. The van der Waals surface area contributed by atoms with Crippen LogP contribution in [0.3, 0.4) is 0 Å². The number of aromatic nitrogens is 5. The van der Waals surface area contributed by atoms with Gasteiger partial charge in [-0.1, -0.05) is 0 Å². The van der Waals surface area contributed by atoms with Crippen LogP contribution in [0.15, 0.2) is 46.5 Å². The molecule has 8 nitrogen and oxygen atoms in total. The molecule has 4 rings (SSSR count). The van der Waals surface area contributed by atoms with Crippen LogP contribution in [-0.2, 0) is 18.6 Å². The number of hydrogen-bond donors (Lipinski definition) is 1. The van der Waals surface area contributed by atoms with Crippen molar-refractivity contribution in [3.8, 4) is 17.1 Å². The highest BCUT2D eigenvalue weighted by Gasteiger charge is 2.38. The summed E-state index contributed by atoms with van der Waals surface area (Å²) in [5.74, 6) is -7.24. The maximum Gasteiger partial charge on any atom is 0.425 e. The van der Waals surface area contributed by atoms with Crippen LogP contribution in [0.1, 0.15) is 37.8 Å². The fourth-order valence-corrected chi connectivity index (χ4v) is 3.97. The summed E-state index contributed by atoms with van der Waals surface area (Å²) >= 11 is 0. The van der Waals surface area contributed by atoms with Gasteiger partial charge in [-0.25, -0.2) is 32.6 Å². The topological polar surface area (TPSA) is 103 Å². The molecule has 40 heavy (non-hydrogen) atoms. The highest BCUT2D eigenvalue weighted by Crippen LogP contribution is 2.33. The number of nitrogens with zero attached hydrogens (tertiary/aromatic N) is 4. The van der Waals surface area contributed by atoms with Gasteiger partial charge in [-0.3, -0.25) is 9.59 Å². The maximum absolute atomic E-state index is 15.0. The minimum atomic E-state index is -4.97. The molecule has 212 valence electrons. The Morgan fingerprint density at radius 2 is 1.73 bits per heavy atom. The lowest BCUT2D eigenvalue weighted by Crippen LogP contribution is -2.26. The number of ether oxygens (including phenoxy) is 1. The molecule has 1 N–H and O–H groups in total. The number of hydrogen-bond acceptors (Lipinski definition) is 6. The zero-order valence-electron chi connectivity index (χ0n) is 20.8. The number of H-pyrrole nitrogens is 1. The summed E-state index contributed by atoms with van der Waals surface area (Å²) in [7, 11) is 0. The molecule has 0 radical (unpaired) electrons. The molecule has 1 atom stereocenters. The van der Waals surface area contributed by atoms with Crippen LogP contribution < -0.4 is 15.9 Å². The number of alkyl halides is 5. The first-order chi connectivity index (χ1) is 18.7. The van der Waals surface area contributed by atoms with Crippen molar-refractivity contribution in [2.75, 3.05) is 0 Å². The van der Waals surface area contributed by atoms with Crippen LogP contribution in [0.5, 0.6) is 5.75 Å². The first kappa shape index (κ1) is 28.7.